The van der Waals surface area contributed by atoms with Crippen molar-refractivity contribution in [3.8, 4) is 0 Å². The van der Waals surface area contributed by atoms with Crippen molar-refractivity contribution < 1.29 is 55.3 Å². The van der Waals surface area contributed by atoms with Gasteiger partial charge in [0.15, 0.2) is 0 Å². The van der Waals surface area contributed by atoms with E-state index in [1.165, 1.54) is 0 Å². The summed E-state index contributed by atoms with van der Waals surface area (Å²) < 4.78 is 141. The molecule has 0 atom stereocenters. The number of alkyl halides is 9. The fourth-order valence-corrected chi connectivity index (χ4v) is 2.22. The smallest absolute Gasteiger partial charge is 1.00 e. The van der Waals surface area contributed by atoms with E-state index in [4.69, 9.17) is 4.55 Å². The van der Waals surface area contributed by atoms with Crippen molar-refractivity contribution >= 4 is 47.9 Å². The molecule has 1 aliphatic carbocycles. The van der Waals surface area contributed by atoms with E-state index in [-0.39, 0.29) is 40.6 Å². The predicted octanol–water partition coefficient (Wildman–Crippen LogP) is 1.94. The Hall–Kier alpha value is 0.540. The van der Waals surface area contributed by atoms with Gasteiger partial charge in [0, 0.05) is 0 Å². The van der Waals surface area contributed by atoms with Gasteiger partial charge in [-0.1, -0.05) is 0 Å². The van der Waals surface area contributed by atoms with Crippen LogP contribution in [0.3, 0.4) is 0 Å². The maximum absolute atomic E-state index is 13.1. The Labute approximate surface area is 131 Å². The van der Waals surface area contributed by atoms with Crippen LogP contribution in [0, 0.1) is 0 Å². The molecule has 1 fully saturated rings. The standard InChI is InChI=1S/C5HF9O3S.Ca.2H/c6-1(7)2(8,9)4(12,13)5(14,3(1,10)11)18(15,16)17;;;/h(H,15,16,17);;;/q;+2;2*-1. The first-order valence-corrected chi connectivity index (χ1v) is 5.11. The van der Waals surface area contributed by atoms with E-state index >= 15 is 0 Å². The third kappa shape index (κ3) is 1.71. The summed E-state index contributed by atoms with van der Waals surface area (Å²) in [5.74, 6) is -28.1. The number of hydrogen-bond acceptors (Lipinski definition) is 2. The van der Waals surface area contributed by atoms with E-state index in [1.807, 2.05) is 0 Å². The summed E-state index contributed by atoms with van der Waals surface area (Å²) in [7, 11) is -7.29. The van der Waals surface area contributed by atoms with Gasteiger partial charge in [-0.25, -0.2) is 4.39 Å². The van der Waals surface area contributed by atoms with E-state index in [0.717, 1.165) is 0 Å². The van der Waals surface area contributed by atoms with Crippen LogP contribution in [0.4, 0.5) is 39.5 Å². The van der Waals surface area contributed by atoms with Gasteiger partial charge in [-0.15, -0.1) is 0 Å². The van der Waals surface area contributed by atoms with Crippen LogP contribution < -0.4 is 0 Å². The Morgan fingerprint density at radius 3 is 1.00 bits per heavy atom. The van der Waals surface area contributed by atoms with Gasteiger partial charge < -0.3 is 2.85 Å². The summed E-state index contributed by atoms with van der Waals surface area (Å²) >= 11 is 0. The maximum atomic E-state index is 13.1. The summed E-state index contributed by atoms with van der Waals surface area (Å²) in [6, 6.07) is 0. The quantitative estimate of drug-likeness (QED) is 0.445. The van der Waals surface area contributed by atoms with Crippen LogP contribution in [0.5, 0.6) is 0 Å². The molecule has 19 heavy (non-hydrogen) atoms. The van der Waals surface area contributed by atoms with Crippen LogP contribution in [0.1, 0.15) is 2.85 Å². The molecule has 0 saturated heterocycles. The van der Waals surface area contributed by atoms with Gasteiger partial charge >= 0.3 is 76.5 Å². The SMILES string of the molecule is O=S(=O)(O)C1(F)C(F)(F)C(F)(F)C(F)(F)C1(F)F.[Ca+2].[H-].[H-]. The molecule has 14 heteroatoms. The third-order valence-electron chi connectivity index (χ3n) is 2.35. The zero-order valence-electron chi connectivity index (χ0n) is 10.3. The van der Waals surface area contributed by atoms with Gasteiger partial charge in [0.2, 0.25) is 0 Å². The third-order valence-corrected chi connectivity index (χ3v) is 3.57. The molecule has 1 N–H and O–H groups in total. The topological polar surface area (TPSA) is 54.4 Å². The molecule has 1 aliphatic rings. The molecular formula is C5H3CaF9O3S. The van der Waals surface area contributed by atoms with Crippen LogP contribution in [0.25, 0.3) is 0 Å². The second-order valence-corrected chi connectivity index (χ2v) is 4.88. The largest absolute Gasteiger partial charge is 2.00 e. The monoisotopic (exact) mass is 354 g/mol. The second kappa shape index (κ2) is 4.27. The average Bonchev–Trinajstić information content (AvgIpc) is 2.16. The minimum atomic E-state index is -7.29. The molecule has 0 aromatic carbocycles. The summed E-state index contributed by atoms with van der Waals surface area (Å²) in [6.45, 7) is 0. The van der Waals surface area contributed by atoms with Gasteiger partial charge in [0.1, 0.15) is 0 Å². The first kappa shape index (κ1) is 19.5. The van der Waals surface area contributed by atoms with Crippen LogP contribution in [0.2, 0.25) is 0 Å². The molecule has 0 bridgehead atoms. The maximum Gasteiger partial charge on any atom is 2.00 e. The molecule has 1 saturated carbocycles. The van der Waals surface area contributed by atoms with Crippen LogP contribution >= 0.6 is 0 Å². The van der Waals surface area contributed by atoms with Crippen LogP contribution in [0.15, 0.2) is 0 Å². The zero-order valence-corrected chi connectivity index (χ0v) is 11.3. The molecule has 1 rings (SSSR count). The van der Waals surface area contributed by atoms with Crippen molar-refractivity contribution in [3.05, 3.63) is 0 Å². The van der Waals surface area contributed by atoms with Gasteiger partial charge in [-0.3, -0.25) is 4.55 Å². The molecular weight excluding hydrogens is 351 g/mol. The normalized spacial score (nSPS) is 29.6. The zero-order chi connectivity index (χ0) is 15.0. The average molecular weight is 354 g/mol. The molecule has 0 aromatic heterocycles. The second-order valence-electron chi connectivity index (χ2n) is 3.37. The fourth-order valence-electron chi connectivity index (χ4n) is 1.32. The van der Waals surface area contributed by atoms with Gasteiger partial charge in [0.05, 0.1) is 0 Å². The summed E-state index contributed by atoms with van der Waals surface area (Å²) in [4.78, 5) is 0. The minimum absolute atomic E-state index is 0. The molecule has 0 amide bonds. The van der Waals surface area contributed by atoms with E-state index < -0.39 is 38.8 Å². The van der Waals surface area contributed by atoms with E-state index in [1.54, 1.807) is 0 Å². The Kier molecular flexibility index (Phi) is 4.39. The Morgan fingerprint density at radius 1 is 0.684 bits per heavy atom. The van der Waals surface area contributed by atoms with E-state index in [9.17, 15) is 47.9 Å². The first-order valence-electron chi connectivity index (χ1n) is 3.67. The van der Waals surface area contributed by atoms with Gasteiger partial charge in [-0.2, -0.15) is 43.5 Å². The Morgan fingerprint density at radius 2 is 0.895 bits per heavy atom. The summed E-state index contributed by atoms with van der Waals surface area (Å²) in [6.07, 6.45) is 0. The van der Waals surface area contributed by atoms with Crippen molar-refractivity contribution in [2.24, 2.45) is 0 Å². The molecule has 3 nitrogen and oxygen atoms in total. The van der Waals surface area contributed by atoms with Crippen LogP contribution in [-0.2, 0) is 10.1 Å². The molecule has 0 aromatic rings. The van der Waals surface area contributed by atoms with Crippen molar-refractivity contribution in [1.29, 1.82) is 0 Å². The van der Waals surface area contributed by atoms with Crippen molar-refractivity contribution in [2.75, 3.05) is 0 Å². The number of halogens is 9. The Bertz CT molecular complexity index is 470. The molecule has 0 unspecified atom stereocenters. The molecule has 0 spiro atoms. The van der Waals surface area contributed by atoms with E-state index in [2.05, 4.69) is 0 Å². The number of rotatable bonds is 1. The van der Waals surface area contributed by atoms with E-state index in [0.29, 0.717) is 0 Å². The molecule has 0 aliphatic heterocycles. The predicted molar refractivity (Wildman–Crippen MR) is 43.2 cm³/mol. The fraction of sp³-hybridized carbons (Fsp3) is 1.00. The Balaban J connectivity index is -0.00000108. The van der Waals surface area contributed by atoms with Crippen molar-refractivity contribution in [3.63, 3.8) is 0 Å². The van der Waals surface area contributed by atoms with Gasteiger partial charge in [-0.05, 0) is 0 Å². The molecule has 0 radical (unpaired) electrons. The van der Waals surface area contributed by atoms with Crippen molar-refractivity contribution in [2.45, 2.75) is 28.7 Å². The molecule has 112 valence electrons. The van der Waals surface area contributed by atoms with Crippen LogP contribution in [-0.4, -0.2) is 79.4 Å². The van der Waals surface area contributed by atoms with Crippen molar-refractivity contribution in [1.82, 2.24) is 0 Å². The minimum Gasteiger partial charge on any atom is -1.00 e. The number of hydrogen-bond donors (Lipinski definition) is 1. The van der Waals surface area contributed by atoms with Gasteiger partial charge in [0.25, 0.3) is 0 Å². The summed E-state index contributed by atoms with van der Waals surface area (Å²) in [5, 5.41) is -6.85. The molecule has 0 heterocycles. The summed E-state index contributed by atoms with van der Waals surface area (Å²) in [5.41, 5.74) is 0. The first-order chi connectivity index (χ1) is 7.50.